The Morgan fingerprint density at radius 2 is 1.29 bits per heavy atom. The summed E-state index contributed by atoms with van der Waals surface area (Å²) in [5, 5.41) is 1.03. The summed E-state index contributed by atoms with van der Waals surface area (Å²) < 4.78 is 0. The molecule has 0 heterocycles. The molecular formula is C21H39P2Rh-. The van der Waals surface area contributed by atoms with Crippen molar-refractivity contribution in [2.24, 2.45) is 5.41 Å². The van der Waals surface area contributed by atoms with Gasteiger partial charge < -0.3 is 6.08 Å². The van der Waals surface area contributed by atoms with Crippen molar-refractivity contribution in [2.75, 3.05) is 0 Å². The molecule has 143 valence electrons. The molecule has 0 aliphatic heterocycles. The van der Waals surface area contributed by atoms with Crippen LogP contribution >= 0.6 is 16.8 Å². The fourth-order valence-electron chi connectivity index (χ4n) is 2.59. The molecule has 0 unspecified atom stereocenters. The van der Waals surface area contributed by atoms with Crippen LogP contribution in [0.2, 0.25) is 0 Å². The quantitative estimate of drug-likeness (QED) is 0.256. The zero-order valence-electron chi connectivity index (χ0n) is 17.2. The van der Waals surface area contributed by atoms with Crippen LogP contribution < -0.4 is 0 Å². The van der Waals surface area contributed by atoms with E-state index in [-0.39, 0.29) is 32.8 Å². The topological polar surface area (TPSA) is 0 Å². The second-order valence-electron chi connectivity index (χ2n) is 7.73. The van der Waals surface area contributed by atoms with Crippen molar-refractivity contribution in [1.29, 1.82) is 0 Å². The van der Waals surface area contributed by atoms with Crippen molar-refractivity contribution in [3.8, 4) is 0 Å². The van der Waals surface area contributed by atoms with Gasteiger partial charge in [-0.15, -0.1) is 0 Å². The van der Waals surface area contributed by atoms with E-state index < -0.39 is 0 Å². The normalized spacial score (nSPS) is 10.5. The minimum absolute atomic E-state index is 0. The van der Waals surface area contributed by atoms with Crippen LogP contribution in [0.4, 0.5) is 0 Å². The summed E-state index contributed by atoms with van der Waals surface area (Å²) in [4.78, 5) is 0. The van der Waals surface area contributed by atoms with Crippen molar-refractivity contribution in [2.45, 2.75) is 79.3 Å². The maximum absolute atomic E-state index is 3.52. The average molecular weight is 456 g/mol. The Hall–Kier alpha value is 0.313. The zero-order valence-corrected chi connectivity index (χ0v) is 20.8. The van der Waals surface area contributed by atoms with Crippen molar-refractivity contribution >= 4 is 22.1 Å². The third-order valence-corrected chi connectivity index (χ3v) is 8.41. The van der Waals surface area contributed by atoms with Crippen molar-refractivity contribution in [3.63, 3.8) is 0 Å². The smallest absolute Gasteiger partial charge is 0.0624 e. The maximum Gasteiger partial charge on any atom is 0.0624 e. The fraction of sp³-hybridized carbons (Fsp3) is 0.619. The molecule has 1 radical (unpaired) electrons. The fourth-order valence-corrected chi connectivity index (χ4v) is 6.59. The van der Waals surface area contributed by atoms with E-state index >= 15 is 0 Å². The Kier molecular flexibility index (Phi) is 18.9. The number of hydrogen-bond donors (Lipinski definition) is 0. The SMILES string of the molecule is C=[C-]C(=P)C(C)(C)C.CC(C)[PH+](C(C)C)C(C)C.[Rh].c1cc[cH-]c1. The molecule has 0 bridgehead atoms. The summed E-state index contributed by atoms with van der Waals surface area (Å²) in [7, 11) is 3.29. The van der Waals surface area contributed by atoms with Gasteiger partial charge in [-0.3, -0.25) is 6.58 Å². The third-order valence-electron chi connectivity index (χ3n) is 3.48. The second-order valence-corrected chi connectivity index (χ2v) is 12.7. The largest absolute Gasteiger partial charge is 0.472 e. The molecule has 0 spiro atoms. The molecule has 0 amide bonds. The summed E-state index contributed by atoms with van der Waals surface area (Å²) in [6.45, 7) is 24.0. The van der Waals surface area contributed by atoms with E-state index in [1.165, 1.54) is 0 Å². The molecule has 24 heavy (non-hydrogen) atoms. The van der Waals surface area contributed by atoms with Crippen molar-refractivity contribution in [3.05, 3.63) is 43.0 Å². The molecule has 0 fully saturated rings. The molecule has 0 N–H and O–H groups in total. The molecule has 1 aromatic rings. The Labute approximate surface area is 169 Å². The van der Waals surface area contributed by atoms with Crippen LogP contribution in [0.5, 0.6) is 0 Å². The first kappa shape index (κ1) is 29.1. The average Bonchev–Trinajstić information content (AvgIpc) is 2.94. The Morgan fingerprint density at radius 1 is 0.958 bits per heavy atom. The summed E-state index contributed by atoms with van der Waals surface area (Å²) in [5.41, 5.74) is 2.97. The number of allylic oxidation sites excluding steroid dienone is 1. The van der Waals surface area contributed by atoms with Crippen molar-refractivity contribution < 1.29 is 19.5 Å². The maximum atomic E-state index is 3.52. The van der Waals surface area contributed by atoms with Gasteiger partial charge in [0.25, 0.3) is 0 Å². The van der Waals surface area contributed by atoms with Crippen LogP contribution in [0.1, 0.15) is 62.3 Å². The molecule has 0 aromatic heterocycles. The van der Waals surface area contributed by atoms with E-state index in [1.54, 1.807) is 0 Å². The minimum atomic E-state index is -0.0957. The molecule has 0 aliphatic carbocycles. The molecule has 0 saturated heterocycles. The van der Waals surface area contributed by atoms with Gasteiger partial charge in [0.05, 0.1) is 17.0 Å². The van der Waals surface area contributed by atoms with E-state index in [2.05, 4.69) is 83.8 Å². The van der Waals surface area contributed by atoms with E-state index in [0.717, 1.165) is 22.3 Å². The van der Waals surface area contributed by atoms with Gasteiger partial charge >= 0.3 is 0 Å². The predicted molar refractivity (Wildman–Crippen MR) is 117 cm³/mol. The van der Waals surface area contributed by atoms with Gasteiger partial charge in [-0.1, -0.05) is 20.8 Å². The van der Waals surface area contributed by atoms with Gasteiger partial charge in [0, 0.05) is 27.4 Å². The van der Waals surface area contributed by atoms with Crippen molar-refractivity contribution in [1.82, 2.24) is 0 Å². The zero-order chi connectivity index (χ0) is 18.6. The number of hydrogen-bond acceptors (Lipinski definition) is 0. The Bertz CT molecular complexity index is 362. The first-order chi connectivity index (χ1) is 10.4. The molecule has 1 aromatic carbocycles. The molecule has 0 nitrogen and oxygen atoms in total. The number of rotatable bonds is 4. The van der Waals surface area contributed by atoms with Gasteiger partial charge in [-0.2, -0.15) is 27.1 Å². The Balaban J connectivity index is -0.000000282. The van der Waals surface area contributed by atoms with Crippen LogP contribution in [0.3, 0.4) is 0 Å². The van der Waals surface area contributed by atoms with E-state index in [9.17, 15) is 0 Å². The van der Waals surface area contributed by atoms with E-state index in [1.807, 2.05) is 30.3 Å². The molecule has 0 aliphatic rings. The monoisotopic (exact) mass is 456 g/mol. The van der Waals surface area contributed by atoms with Crippen LogP contribution in [0.15, 0.2) is 36.9 Å². The summed E-state index contributed by atoms with van der Waals surface area (Å²) in [5.74, 6) is 0. The predicted octanol–water partition coefficient (Wildman–Crippen LogP) is 7.17. The first-order valence-electron chi connectivity index (χ1n) is 8.60. The molecule has 0 saturated carbocycles. The minimum Gasteiger partial charge on any atom is -0.472 e. The van der Waals surface area contributed by atoms with Gasteiger partial charge in [-0.25, -0.2) is 17.4 Å². The first-order valence-corrected chi connectivity index (χ1v) is 10.8. The van der Waals surface area contributed by atoms with Gasteiger partial charge in [0.15, 0.2) is 0 Å². The van der Waals surface area contributed by atoms with Gasteiger partial charge in [0.1, 0.15) is 0 Å². The second kappa shape index (κ2) is 15.6. The van der Waals surface area contributed by atoms with Crippen LogP contribution in [0.25, 0.3) is 0 Å². The third kappa shape index (κ3) is 15.8. The van der Waals surface area contributed by atoms with E-state index in [4.69, 9.17) is 0 Å². The molecule has 0 atom stereocenters. The molecule has 3 heteroatoms. The van der Waals surface area contributed by atoms with Crippen LogP contribution in [-0.4, -0.2) is 22.3 Å². The summed E-state index contributed by atoms with van der Waals surface area (Å²) in [6, 6.07) is 10.0. The van der Waals surface area contributed by atoms with Crippen LogP contribution in [-0.2, 0) is 19.5 Å². The van der Waals surface area contributed by atoms with E-state index in [0.29, 0.717) is 0 Å². The summed E-state index contributed by atoms with van der Waals surface area (Å²) >= 11 is 0. The summed E-state index contributed by atoms with van der Waals surface area (Å²) in [6.07, 6.45) is 2.79. The Morgan fingerprint density at radius 3 is 1.33 bits per heavy atom. The van der Waals surface area contributed by atoms with Gasteiger partial charge in [0.2, 0.25) is 0 Å². The van der Waals surface area contributed by atoms with Gasteiger partial charge in [-0.05, 0) is 47.0 Å². The molecular weight excluding hydrogens is 417 g/mol. The van der Waals surface area contributed by atoms with Crippen LogP contribution in [0, 0.1) is 11.5 Å². The molecule has 1 rings (SSSR count). The standard InChI is InChI=1S/C9H21P.C7H12P.C5H5.Rh/c1-7(2)10(8(3)4)9(5)6;1-5-6(8)7(2,3)4;1-2-4-5-3-1;/h7-9H,1-6H3;8H,1H2,2-4H3;1-5H;/q;2*-1;/p+1.